The number of aromatic nitrogens is 2. The molecule has 1 aromatic heterocycles. The Balaban J connectivity index is 1.64. The van der Waals surface area contributed by atoms with Crippen LogP contribution in [0.4, 0.5) is 27.8 Å². The quantitative estimate of drug-likeness (QED) is 0.711. The van der Waals surface area contributed by atoms with Crippen molar-refractivity contribution >= 4 is 11.7 Å². The molecule has 0 aliphatic heterocycles. The molecule has 2 aliphatic rings. The van der Waals surface area contributed by atoms with E-state index in [0.717, 1.165) is 24.8 Å². The minimum atomic E-state index is -4.78. The molecule has 2 aromatic rings. The third-order valence-electron chi connectivity index (χ3n) is 5.34. The maximum Gasteiger partial charge on any atom is 0.573 e. The zero-order valence-electron chi connectivity index (χ0n) is 15.4. The van der Waals surface area contributed by atoms with Crippen LogP contribution >= 0.6 is 0 Å². The third-order valence-corrected chi connectivity index (χ3v) is 5.34. The number of carbonyl (C=O) groups is 1. The minimum Gasteiger partial charge on any atom is -0.406 e. The number of aryl methyl sites for hydroxylation is 1. The smallest absolute Gasteiger partial charge is 0.406 e. The van der Waals surface area contributed by atoms with Gasteiger partial charge in [0.25, 0.3) is 5.92 Å². The van der Waals surface area contributed by atoms with Gasteiger partial charge in [0.05, 0.1) is 5.69 Å². The number of halogens is 5. The Bertz CT molecular complexity index is 933. The SMILES string of the molecule is Cn1nc(NC(=O)[C@@H]2CC2(F)F)c(C2CCC2)c1-c1ccc(OC(F)(F)F)cc1. The van der Waals surface area contributed by atoms with E-state index in [-0.39, 0.29) is 17.5 Å². The van der Waals surface area contributed by atoms with Crippen molar-refractivity contribution in [3.05, 3.63) is 29.8 Å². The van der Waals surface area contributed by atoms with Crippen molar-refractivity contribution in [3.8, 4) is 17.0 Å². The maximum absolute atomic E-state index is 13.2. The van der Waals surface area contributed by atoms with Crippen molar-refractivity contribution in [1.29, 1.82) is 0 Å². The summed E-state index contributed by atoms with van der Waals surface area (Å²) in [5, 5.41) is 6.82. The summed E-state index contributed by atoms with van der Waals surface area (Å²) in [6.45, 7) is 0. The Morgan fingerprint density at radius 3 is 2.34 bits per heavy atom. The molecule has 4 rings (SSSR count). The summed E-state index contributed by atoms with van der Waals surface area (Å²) >= 11 is 0. The number of amides is 1. The lowest BCUT2D eigenvalue weighted by Gasteiger charge is -2.27. The number of alkyl halides is 5. The number of anilines is 1. The van der Waals surface area contributed by atoms with Crippen molar-refractivity contribution in [1.82, 2.24) is 9.78 Å². The molecule has 0 unspecified atom stereocenters. The first-order valence-corrected chi connectivity index (χ1v) is 9.17. The van der Waals surface area contributed by atoms with E-state index in [1.165, 1.54) is 28.9 Å². The predicted octanol–water partition coefficient (Wildman–Crippen LogP) is 4.85. The monoisotopic (exact) mass is 415 g/mol. The van der Waals surface area contributed by atoms with E-state index in [9.17, 15) is 26.7 Å². The van der Waals surface area contributed by atoms with Crippen LogP contribution in [0.25, 0.3) is 11.3 Å². The Labute approximate surface area is 162 Å². The third kappa shape index (κ3) is 3.92. The maximum atomic E-state index is 13.2. The van der Waals surface area contributed by atoms with Crippen LogP contribution in [0.1, 0.15) is 37.2 Å². The van der Waals surface area contributed by atoms with Gasteiger partial charge in [0, 0.05) is 24.6 Å². The minimum absolute atomic E-state index is 0.0971. The van der Waals surface area contributed by atoms with Crippen LogP contribution in [0.2, 0.25) is 0 Å². The topological polar surface area (TPSA) is 56.2 Å². The molecular formula is C19H18F5N3O2. The fourth-order valence-electron chi connectivity index (χ4n) is 3.57. The molecule has 1 atom stereocenters. The van der Waals surface area contributed by atoms with Gasteiger partial charge in [0.2, 0.25) is 5.91 Å². The van der Waals surface area contributed by atoms with E-state index in [2.05, 4.69) is 15.2 Å². The van der Waals surface area contributed by atoms with Gasteiger partial charge in [-0.1, -0.05) is 6.42 Å². The van der Waals surface area contributed by atoms with Crippen LogP contribution in [0, 0.1) is 5.92 Å². The first-order chi connectivity index (χ1) is 13.5. The van der Waals surface area contributed by atoms with Gasteiger partial charge >= 0.3 is 6.36 Å². The first-order valence-electron chi connectivity index (χ1n) is 9.17. The van der Waals surface area contributed by atoms with Crippen molar-refractivity contribution < 1.29 is 31.5 Å². The number of benzene rings is 1. The Hall–Kier alpha value is -2.65. The molecule has 5 nitrogen and oxygen atoms in total. The number of hydrogen-bond acceptors (Lipinski definition) is 3. The van der Waals surface area contributed by atoms with Gasteiger partial charge in [-0.15, -0.1) is 13.2 Å². The van der Waals surface area contributed by atoms with Gasteiger partial charge in [-0.25, -0.2) is 8.78 Å². The molecule has 156 valence electrons. The second-order valence-corrected chi connectivity index (χ2v) is 7.44. The first kappa shape index (κ1) is 19.7. The average molecular weight is 415 g/mol. The number of hydrogen-bond donors (Lipinski definition) is 1. The predicted molar refractivity (Wildman–Crippen MR) is 93.6 cm³/mol. The average Bonchev–Trinajstić information content (AvgIpc) is 3.09. The lowest BCUT2D eigenvalue weighted by molar-refractivity contribution is -0.274. The molecule has 2 fully saturated rings. The Morgan fingerprint density at radius 1 is 1.24 bits per heavy atom. The lowest BCUT2D eigenvalue weighted by Crippen LogP contribution is -2.20. The zero-order chi connectivity index (χ0) is 21.0. The largest absolute Gasteiger partial charge is 0.573 e. The van der Waals surface area contributed by atoms with Crippen molar-refractivity contribution in [2.75, 3.05) is 5.32 Å². The fourth-order valence-corrected chi connectivity index (χ4v) is 3.57. The van der Waals surface area contributed by atoms with Crippen LogP contribution in [-0.2, 0) is 11.8 Å². The van der Waals surface area contributed by atoms with Gasteiger partial charge < -0.3 is 10.1 Å². The molecule has 2 aliphatic carbocycles. The summed E-state index contributed by atoms with van der Waals surface area (Å²) in [6, 6.07) is 5.34. The van der Waals surface area contributed by atoms with Gasteiger partial charge in [-0.05, 0) is 43.0 Å². The highest BCUT2D eigenvalue weighted by Gasteiger charge is 2.61. The zero-order valence-corrected chi connectivity index (χ0v) is 15.4. The van der Waals surface area contributed by atoms with E-state index in [1.807, 2.05) is 0 Å². The molecule has 1 aromatic carbocycles. The van der Waals surface area contributed by atoms with Crippen LogP contribution < -0.4 is 10.1 Å². The molecule has 0 spiro atoms. The summed E-state index contributed by atoms with van der Waals surface area (Å²) < 4.78 is 68.9. The molecule has 2 saturated carbocycles. The van der Waals surface area contributed by atoms with Crippen molar-refractivity contribution in [3.63, 3.8) is 0 Å². The number of nitrogens with one attached hydrogen (secondary N) is 1. The highest BCUT2D eigenvalue weighted by atomic mass is 19.4. The van der Waals surface area contributed by atoms with Crippen LogP contribution in [-0.4, -0.2) is 28.0 Å². The van der Waals surface area contributed by atoms with E-state index in [0.29, 0.717) is 11.3 Å². The second-order valence-electron chi connectivity index (χ2n) is 7.44. The van der Waals surface area contributed by atoms with Crippen LogP contribution in [0.15, 0.2) is 24.3 Å². The normalized spacial score (nSPS) is 20.8. The summed E-state index contributed by atoms with van der Waals surface area (Å²) in [6.07, 6.45) is -2.55. The molecule has 1 heterocycles. The molecule has 29 heavy (non-hydrogen) atoms. The highest BCUT2D eigenvalue weighted by molar-refractivity contribution is 5.96. The van der Waals surface area contributed by atoms with Gasteiger partial charge in [0.15, 0.2) is 5.82 Å². The van der Waals surface area contributed by atoms with Crippen molar-refractivity contribution in [2.45, 2.75) is 43.9 Å². The lowest BCUT2D eigenvalue weighted by atomic mass is 9.79. The van der Waals surface area contributed by atoms with Crippen LogP contribution in [0.5, 0.6) is 5.75 Å². The Morgan fingerprint density at radius 2 is 1.86 bits per heavy atom. The number of ether oxygens (including phenoxy) is 1. The van der Waals surface area contributed by atoms with Gasteiger partial charge in [0.1, 0.15) is 11.7 Å². The molecule has 10 heteroatoms. The summed E-state index contributed by atoms with van der Waals surface area (Å²) in [5.41, 5.74) is 1.94. The number of nitrogens with zero attached hydrogens (tertiary/aromatic N) is 2. The highest BCUT2D eigenvalue weighted by Crippen LogP contribution is 2.50. The standard InChI is InChI=1S/C19H18F5N3O2/c1-27-15(11-5-7-12(8-6-11)29-19(22,23)24)14(10-3-2-4-10)16(26-27)25-17(28)13-9-18(13,20)21/h5-8,10,13H,2-4,9H2,1H3,(H,25,26,28)/t13-/m0/s1. The molecule has 0 bridgehead atoms. The molecule has 0 radical (unpaired) electrons. The van der Waals surface area contributed by atoms with Gasteiger partial charge in [-0.3, -0.25) is 9.48 Å². The Kier molecular flexibility index (Phi) is 4.54. The van der Waals surface area contributed by atoms with Gasteiger partial charge in [-0.2, -0.15) is 5.10 Å². The molecular weight excluding hydrogens is 397 g/mol. The second kappa shape index (κ2) is 6.70. The summed E-state index contributed by atoms with van der Waals surface area (Å²) in [4.78, 5) is 12.1. The molecule has 0 saturated heterocycles. The van der Waals surface area contributed by atoms with E-state index in [4.69, 9.17) is 0 Å². The fraction of sp³-hybridized carbons (Fsp3) is 0.474. The number of carbonyl (C=O) groups excluding carboxylic acids is 1. The molecule has 1 N–H and O–H groups in total. The number of rotatable bonds is 5. The summed E-state index contributed by atoms with van der Waals surface area (Å²) in [5.74, 6) is -5.12. The van der Waals surface area contributed by atoms with Crippen LogP contribution in [0.3, 0.4) is 0 Å². The van der Waals surface area contributed by atoms with E-state index in [1.54, 1.807) is 7.05 Å². The molecule has 1 amide bonds. The summed E-state index contributed by atoms with van der Waals surface area (Å²) in [7, 11) is 1.64. The van der Waals surface area contributed by atoms with Crippen molar-refractivity contribution in [2.24, 2.45) is 13.0 Å². The van der Waals surface area contributed by atoms with E-state index < -0.39 is 30.5 Å². The van der Waals surface area contributed by atoms with E-state index >= 15 is 0 Å².